The van der Waals surface area contributed by atoms with E-state index in [2.05, 4.69) is 15.9 Å². The molecule has 0 amide bonds. The Kier molecular flexibility index (Phi) is 4.38. The van der Waals surface area contributed by atoms with Crippen molar-refractivity contribution in [2.45, 2.75) is 20.3 Å². The van der Waals surface area contributed by atoms with Crippen molar-refractivity contribution in [3.8, 4) is 11.5 Å². The van der Waals surface area contributed by atoms with Gasteiger partial charge in [-0.3, -0.25) is 4.79 Å². The number of ketones is 1. The summed E-state index contributed by atoms with van der Waals surface area (Å²) in [6, 6.07) is 13.2. The molecule has 0 aliphatic rings. The topological polar surface area (TPSA) is 26.3 Å². The first-order chi connectivity index (χ1) is 9.10. The summed E-state index contributed by atoms with van der Waals surface area (Å²) < 4.78 is 6.70. The first-order valence-corrected chi connectivity index (χ1v) is 6.96. The second kappa shape index (κ2) is 6.02. The number of carbonyl (C=O) groups excluding carboxylic acids is 1. The summed E-state index contributed by atoms with van der Waals surface area (Å²) in [5.74, 6) is 1.53. The number of aryl methyl sites for hydroxylation is 1. The number of Topliss-reactive ketones (excluding diaryl/α,β-unsaturated/α-hetero) is 1. The van der Waals surface area contributed by atoms with Crippen LogP contribution in [-0.2, 0) is 0 Å². The van der Waals surface area contributed by atoms with Crippen molar-refractivity contribution in [3.05, 3.63) is 58.1 Å². The average Bonchev–Trinajstić information content (AvgIpc) is 2.41. The highest BCUT2D eigenvalue weighted by atomic mass is 79.9. The van der Waals surface area contributed by atoms with Crippen LogP contribution in [0.25, 0.3) is 0 Å². The van der Waals surface area contributed by atoms with Gasteiger partial charge < -0.3 is 4.74 Å². The number of rotatable bonds is 4. The predicted molar refractivity (Wildman–Crippen MR) is 80.0 cm³/mol. The van der Waals surface area contributed by atoms with Crippen molar-refractivity contribution in [3.63, 3.8) is 0 Å². The standard InChI is InChI=1S/C16H15BrO2/c1-3-15(18)12-5-4-6-13(10-12)19-16-8-7-11(2)9-14(16)17/h4-10H,3H2,1-2H3. The van der Waals surface area contributed by atoms with E-state index in [-0.39, 0.29) is 5.78 Å². The monoisotopic (exact) mass is 318 g/mol. The largest absolute Gasteiger partial charge is 0.456 e. The molecule has 0 atom stereocenters. The Hall–Kier alpha value is -1.61. The van der Waals surface area contributed by atoms with E-state index in [1.165, 1.54) is 0 Å². The van der Waals surface area contributed by atoms with Gasteiger partial charge in [-0.15, -0.1) is 0 Å². The second-order valence-corrected chi connectivity index (χ2v) is 5.19. The zero-order chi connectivity index (χ0) is 13.8. The Labute approximate surface area is 121 Å². The molecular formula is C16H15BrO2. The fourth-order valence-electron chi connectivity index (χ4n) is 1.75. The second-order valence-electron chi connectivity index (χ2n) is 4.34. The van der Waals surface area contributed by atoms with E-state index >= 15 is 0 Å². The number of halogens is 1. The molecule has 0 fully saturated rings. The fourth-order valence-corrected chi connectivity index (χ4v) is 2.33. The summed E-state index contributed by atoms with van der Waals surface area (Å²) >= 11 is 3.47. The molecule has 0 saturated heterocycles. The lowest BCUT2D eigenvalue weighted by Gasteiger charge is -2.09. The van der Waals surface area contributed by atoms with Crippen LogP contribution in [-0.4, -0.2) is 5.78 Å². The summed E-state index contributed by atoms with van der Waals surface area (Å²) in [6.45, 7) is 3.88. The fraction of sp³-hybridized carbons (Fsp3) is 0.188. The maximum atomic E-state index is 11.7. The minimum atomic E-state index is 0.119. The zero-order valence-electron chi connectivity index (χ0n) is 10.9. The maximum Gasteiger partial charge on any atom is 0.162 e. The van der Waals surface area contributed by atoms with Crippen LogP contribution in [0.4, 0.5) is 0 Å². The summed E-state index contributed by atoms with van der Waals surface area (Å²) in [6.07, 6.45) is 0.498. The molecule has 98 valence electrons. The van der Waals surface area contributed by atoms with Gasteiger partial charge in [-0.1, -0.05) is 25.1 Å². The van der Waals surface area contributed by atoms with Crippen LogP contribution >= 0.6 is 15.9 Å². The first-order valence-electron chi connectivity index (χ1n) is 6.17. The number of ether oxygens (including phenoxy) is 1. The molecule has 0 unspecified atom stereocenters. The molecule has 0 saturated carbocycles. The van der Waals surface area contributed by atoms with Crippen LogP contribution in [0.5, 0.6) is 11.5 Å². The van der Waals surface area contributed by atoms with Crippen LogP contribution in [0.1, 0.15) is 29.3 Å². The third kappa shape index (κ3) is 3.44. The summed E-state index contributed by atoms with van der Waals surface area (Å²) in [5, 5.41) is 0. The Morgan fingerprint density at radius 1 is 1.21 bits per heavy atom. The average molecular weight is 319 g/mol. The van der Waals surface area contributed by atoms with Crippen molar-refractivity contribution in [2.75, 3.05) is 0 Å². The maximum absolute atomic E-state index is 11.7. The van der Waals surface area contributed by atoms with Crippen molar-refractivity contribution in [2.24, 2.45) is 0 Å². The van der Waals surface area contributed by atoms with E-state index in [1.54, 1.807) is 6.07 Å². The highest BCUT2D eigenvalue weighted by Crippen LogP contribution is 2.30. The van der Waals surface area contributed by atoms with Crippen LogP contribution in [0, 0.1) is 6.92 Å². The SMILES string of the molecule is CCC(=O)c1cccc(Oc2ccc(C)cc2Br)c1. The molecule has 0 heterocycles. The molecule has 2 nitrogen and oxygen atoms in total. The minimum Gasteiger partial charge on any atom is -0.456 e. The van der Waals surface area contributed by atoms with Crippen LogP contribution in [0.3, 0.4) is 0 Å². The third-order valence-electron chi connectivity index (χ3n) is 2.79. The van der Waals surface area contributed by atoms with Crippen LogP contribution in [0.15, 0.2) is 46.9 Å². The molecule has 0 spiro atoms. The molecule has 2 aromatic carbocycles. The number of hydrogen-bond acceptors (Lipinski definition) is 2. The third-order valence-corrected chi connectivity index (χ3v) is 3.41. The first kappa shape index (κ1) is 13.8. The molecule has 0 aliphatic carbocycles. The van der Waals surface area contributed by atoms with E-state index in [4.69, 9.17) is 4.74 Å². The van der Waals surface area contributed by atoms with E-state index in [0.29, 0.717) is 17.7 Å². The van der Waals surface area contributed by atoms with Gasteiger partial charge in [0.05, 0.1) is 4.47 Å². The lowest BCUT2D eigenvalue weighted by atomic mass is 10.1. The number of benzene rings is 2. The molecule has 0 bridgehead atoms. The van der Waals surface area contributed by atoms with Gasteiger partial charge in [-0.05, 0) is 52.7 Å². The van der Waals surface area contributed by atoms with Gasteiger partial charge in [-0.2, -0.15) is 0 Å². The normalized spacial score (nSPS) is 10.3. The zero-order valence-corrected chi connectivity index (χ0v) is 12.5. The van der Waals surface area contributed by atoms with Gasteiger partial charge in [0, 0.05) is 12.0 Å². The van der Waals surface area contributed by atoms with Crippen molar-refractivity contribution >= 4 is 21.7 Å². The molecule has 2 aromatic rings. The Morgan fingerprint density at radius 3 is 2.68 bits per heavy atom. The molecule has 0 aliphatic heterocycles. The Morgan fingerprint density at radius 2 is 2.00 bits per heavy atom. The lowest BCUT2D eigenvalue weighted by Crippen LogP contribution is -1.96. The van der Waals surface area contributed by atoms with E-state index in [1.807, 2.05) is 50.2 Å². The summed E-state index contributed by atoms with van der Waals surface area (Å²) in [4.78, 5) is 11.7. The summed E-state index contributed by atoms with van der Waals surface area (Å²) in [5.41, 5.74) is 1.84. The Bertz CT molecular complexity index is 605. The van der Waals surface area contributed by atoms with Crippen molar-refractivity contribution < 1.29 is 9.53 Å². The highest BCUT2D eigenvalue weighted by molar-refractivity contribution is 9.10. The number of hydrogen-bond donors (Lipinski definition) is 0. The van der Waals surface area contributed by atoms with Gasteiger partial charge in [-0.25, -0.2) is 0 Å². The molecule has 3 heteroatoms. The van der Waals surface area contributed by atoms with Gasteiger partial charge in [0.2, 0.25) is 0 Å². The number of carbonyl (C=O) groups is 1. The van der Waals surface area contributed by atoms with Crippen LogP contribution < -0.4 is 4.74 Å². The van der Waals surface area contributed by atoms with Gasteiger partial charge in [0.15, 0.2) is 5.78 Å². The van der Waals surface area contributed by atoms with Gasteiger partial charge in [0.1, 0.15) is 11.5 Å². The van der Waals surface area contributed by atoms with Gasteiger partial charge >= 0.3 is 0 Å². The van der Waals surface area contributed by atoms with Crippen molar-refractivity contribution in [1.82, 2.24) is 0 Å². The highest BCUT2D eigenvalue weighted by Gasteiger charge is 2.06. The quantitative estimate of drug-likeness (QED) is 0.729. The van der Waals surface area contributed by atoms with Crippen molar-refractivity contribution in [1.29, 1.82) is 0 Å². The van der Waals surface area contributed by atoms with Gasteiger partial charge in [0.25, 0.3) is 0 Å². The molecular weight excluding hydrogens is 304 g/mol. The molecule has 0 aromatic heterocycles. The smallest absolute Gasteiger partial charge is 0.162 e. The Balaban J connectivity index is 2.26. The van der Waals surface area contributed by atoms with E-state index in [0.717, 1.165) is 15.8 Å². The van der Waals surface area contributed by atoms with E-state index < -0.39 is 0 Å². The summed E-state index contributed by atoms with van der Waals surface area (Å²) in [7, 11) is 0. The molecule has 0 radical (unpaired) electrons. The molecule has 0 N–H and O–H groups in total. The molecule has 2 rings (SSSR count). The molecule has 19 heavy (non-hydrogen) atoms. The predicted octanol–water partition coefficient (Wildman–Crippen LogP) is 5.14. The van der Waals surface area contributed by atoms with E-state index in [9.17, 15) is 4.79 Å². The van der Waals surface area contributed by atoms with Crippen LogP contribution in [0.2, 0.25) is 0 Å². The lowest BCUT2D eigenvalue weighted by molar-refractivity contribution is 0.0988. The minimum absolute atomic E-state index is 0.119.